The number of rotatable bonds is 3. The molecule has 150 valence electrons. The van der Waals surface area contributed by atoms with Crippen LogP contribution in [0.2, 0.25) is 0 Å². The molecule has 2 saturated carbocycles. The zero-order valence-corrected chi connectivity index (χ0v) is 16.1. The molecule has 6 rings (SSSR count). The number of fused-ring (bicyclic) bond motifs is 5. The van der Waals surface area contributed by atoms with Gasteiger partial charge in [-0.2, -0.15) is 5.10 Å². The molecule has 29 heavy (non-hydrogen) atoms. The number of aromatic nitrogens is 4. The highest BCUT2D eigenvalue weighted by molar-refractivity contribution is 5.49. The lowest BCUT2D eigenvalue weighted by Crippen LogP contribution is -2.22. The lowest BCUT2D eigenvalue weighted by Gasteiger charge is -2.23. The second-order valence-electron chi connectivity index (χ2n) is 8.75. The molecule has 0 aliphatic heterocycles. The highest BCUT2D eigenvalue weighted by Crippen LogP contribution is 2.60. The molecule has 1 aromatic carbocycles. The fraction of sp³-hybridized carbons (Fsp3) is 0.500. The SMILES string of the molecule is Fc1ccc(-n2ncc3c2C2CCC3(c3nnc(C4CCCCC4)o3)C2)c(F)c1. The van der Waals surface area contributed by atoms with Gasteiger partial charge in [-0.15, -0.1) is 10.2 Å². The number of halogens is 2. The van der Waals surface area contributed by atoms with E-state index in [9.17, 15) is 8.78 Å². The molecule has 2 fully saturated rings. The Kier molecular flexibility index (Phi) is 3.71. The lowest BCUT2D eigenvalue weighted by atomic mass is 9.81. The first-order chi connectivity index (χ1) is 14.2. The van der Waals surface area contributed by atoms with E-state index in [1.165, 1.54) is 31.4 Å². The molecule has 2 aromatic heterocycles. The smallest absolute Gasteiger partial charge is 0.227 e. The molecular weight excluding hydrogens is 374 g/mol. The minimum Gasteiger partial charge on any atom is -0.424 e. The van der Waals surface area contributed by atoms with Gasteiger partial charge in [0.2, 0.25) is 11.8 Å². The predicted molar refractivity (Wildman–Crippen MR) is 101 cm³/mol. The molecule has 0 spiro atoms. The Bertz CT molecular complexity index is 1080. The Morgan fingerprint density at radius 1 is 1.03 bits per heavy atom. The number of benzene rings is 1. The first kappa shape index (κ1) is 17.3. The second kappa shape index (κ2) is 6.21. The minimum absolute atomic E-state index is 0.266. The van der Waals surface area contributed by atoms with Crippen LogP contribution in [0.4, 0.5) is 8.78 Å². The van der Waals surface area contributed by atoms with Gasteiger partial charge in [-0.3, -0.25) is 0 Å². The van der Waals surface area contributed by atoms with Gasteiger partial charge in [0.15, 0.2) is 5.82 Å². The topological polar surface area (TPSA) is 56.7 Å². The van der Waals surface area contributed by atoms with E-state index in [0.717, 1.165) is 55.3 Å². The van der Waals surface area contributed by atoms with E-state index < -0.39 is 11.6 Å². The number of hydrogen-bond donors (Lipinski definition) is 0. The summed E-state index contributed by atoms with van der Waals surface area (Å²) < 4.78 is 35.7. The van der Waals surface area contributed by atoms with Crippen molar-refractivity contribution >= 4 is 0 Å². The van der Waals surface area contributed by atoms with Gasteiger partial charge in [0.05, 0.1) is 17.3 Å². The van der Waals surface area contributed by atoms with E-state index in [-0.39, 0.29) is 17.0 Å². The van der Waals surface area contributed by atoms with Crippen LogP contribution >= 0.6 is 0 Å². The quantitative estimate of drug-likeness (QED) is 0.614. The van der Waals surface area contributed by atoms with Gasteiger partial charge in [0.25, 0.3) is 0 Å². The Morgan fingerprint density at radius 2 is 1.90 bits per heavy atom. The van der Waals surface area contributed by atoms with Crippen LogP contribution in [0.3, 0.4) is 0 Å². The highest BCUT2D eigenvalue weighted by atomic mass is 19.1. The van der Waals surface area contributed by atoms with E-state index in [4.69, 9.17) is 4.42 Å². The van der Waals surface area contributed by atoms with Gasteiger partial charge in [-0.25, -0.2) is 13.5 Å². The molecule has 0 radical (unpaired) electrons. The molecule has 2 unspecified atom stereocenters. The van der Waals surface area contributed by atoms with E-state index in [1.54, 1.807) is 4.68 Å². The molecule has 0 saturated heterocycles. The van der Waals surface area contributed by atoms with Crippen LogP contribution in [0.25, 0.3) is 5.69 Å². The van der Waals surface area contributed by atoms with Crippen LogP contribution in [0, 0.1) is 11.6 Å². The van der Waals surface area contributed by atoms with Crippen molar-refractivity contribution in [3.8, 4) is 5.69 Å². The third-order valence-corrected chi connectivity index (χ3v) is 7.17. The molecule has 0 amide bonds. The summed E-state index contributed by atoms with van der Waals surface area (Å²) in [6.07, 6.45) is 10.6. The van der Waals surface area contributed by atoms with Crippen molar-refractivity contribution in [2.75, 3.05) is 0 Å². The van der Waals surface area contributed by atoms with Crippen molar-refractivity contribution < 1.29 is 13.2 Å². The maximum Gasteiger partial charge on any atom is 0.227 e. The van der Waals surface area contributed by atoms with Crippen LogP contribution in [-0.4, -0.2) is 20.0 Å². The molecule has 5 nitrogen and oxygen atoms in total. The zero-order valence-electron chi connectivity index (χ0n) is 16.1. The van der Waals surface area contributed by atoms with Gasteiger partial charge in [-0.05, 0) is 44.2 Å². The molecule has 2 atom stereocenters. The number of hydrogen-bond acceptors (Lipinski definition) is 4. The van der Waals surface area contributed by atoms with Crippen molar-refractivity contribution in [3.63, 3.8) is 0 Å². The molecule has 2 heterocycles. The normalized spacial score (nSPS) is 26.2. The van der Waals surface area contributed by atoms with Crippen LogP contribution in [0.15, 0.2) is 28.8 Å². The third kappa shape index (κ3) is 2.45. The van der Waals surface area contributed by atoms with Crippen molar-refractivity contribution in [1.82, 2.24) is 20.0 Å². The summed E-state index contributed by atoms with van der Waals surface area (Å²) in [5.41, 5.74) is 2.01. The van der Waals surface area contributed by atoms with Gasteiger partial charge < -0.3 is 4.42 Å². The molecule has 0 N–H and O–H groups in total. The largest absolute Gasteiger partial charge is 0.424 e. The zero-order chi connectivity index (χ0) is 19.6. The standard InChI is InChI=1S/C22H22F2N4O/c23-15-6-7-18(17(24)10-15)28-19-14-8-9-22(11-14,16(19)12-25-28)21-27-26-20(29-21)13-4-2-1-3-5-13/h6-7,10,12-14H,1-5,8-9,11H2. The predicted octanol–water partition coefficient (Wildman–Crippen LogP) is 5.15. The summed E-state index contributed by atoms with van der Waals surface area (Å²) >= 11 is 0. The maximum absolute atomic E-state index is 14.4. The summed E-state index contributed by atoms with van der Waals surface area (Å²) in [6.45, 7) is 0. The maximum atomic E-state index is 14.4. The lowest BCUT2D eigenvalue weighted by molar-refractivity contribution is 0.319. The van der Waals surface area contributed by atoms with E-state index >= 15 is 0 Å². The van der Waals surface area contributed by atoms with E-state index in [1.807, 2.05) is 6.20 Å². The average molecular weight is 396 g/mol. The summed E-state index contributed by atoms with van der Waals surface area (Å²) in [6, 6.07) is 3.62. The fourth-order valence-corrected chi connectivity index (χ4v) is 5.74. The van der Waals surface area contributed by atoms with Crippen molar-refractivity contribution in [2.24, 2.45) is 0 Å². The van der Waals surface area contributed by atoms with Crippen LogP contribution < -0.4 is 0 Å². The van der Waals surface area contributed by atoms with E-state index in [2.05, 4.69) is 15.3 Å². The molecule has 3 aromatic rings. The Balaban J connectivity index is 1.40. The first-order valence-corrected chi connectivity index (χ1v) is 10.5. The summed E-state index contributed by atoms with van der Waals surface area (Å²) in [5, 5.41) is 13.4. The van der Waals surface area contributed by atoms with Crippen molar-refractivity contribution in [2.45, 2.75) is 68.6 Å². The Morgan fingerprint density at radius 3 is 2.72 bits per heavy atom. The van der Waals surface area contributed by atoms with Crippen molar-refractivity contribution in [1.29, 1.82) is 0 Å². The Hall–Kier alpha value is -2.57. The Labute approximate surface area is 167 Å². The van der Waals surface area contributed by atoms with E-state index in [0.29, 0.717) is 11.8 Å². The molecule has 7 heteroatoms. The van der Waals surface area contributed by atoms with Crippen molar-refractivity contribution in [3.05, 3.63) is 59.1 Å². The summed E-state index contributed by atoms with van der Waals surface area (Å²) in [7, 11) is 0. The van der Waals surface area contributed by atoms with Gasteiger partial charge in [0, 0.05) is 23.5 Å². The van der Waals surface area contributed by atoms with Crippen LogP contribution in [-0.2, 0) is 5.41 Å². The molecule has 2 bridgehead atoms. The third-order valence-electron chi connectivity index (χ3n) is 7.17. The van der Waals surface area contributed by atoms with Gasteiger partial charge in [-0.1, -0.05) is 19.3 Å². The summed E-state index contributed by atoms with van der Waals surface area (Å²) in [5.74, 6) is 0.887. The fourth-order valence-electron chi connectivity index (χ4n) is 5.74. The second-order valence-corrected chi connectivity index (χ2v) is 8.75. The summed E-state index contributed by atoms with van der Waals surface area (Å²) in [4.78, 5) is 0. The van der Waals surface area contributed by atoms with Crippen LogP contribution in [0.1, 0.15) is 86.2 Å². The number of nitrogens with zero attached hydrogens (tertiary/aromatic N) is 4. The monoisotopic (exact) mass is 396 g/mol. The molecular formula is C22H22F2N4O. The average Bonchev–Trinajstić information content (AvgIpc) is 3.49. The molecule has 3 aliphatic rings. The first-order valence-electron chi connectivity index (χ1n) is 10.5. The molecule has 3 aliphatic carbocycles. The van der Waals surface area contributed by atoms with Gasteiger partial charge >= 0.3 is 0 Å². The van der Waals surface area contributed by atoms with Crippen LogP contribution in [0.5, 0.6) is 0 Å². The highest BCUT2D eigenvalue weighted by Gasteiger charge is 2.56. The minimum atomic E-state index is -0.606. The van der Waals surface area contributed by atoms with Gasteiger partial charge in [0.1, 0.15) is 11.5 Å².